The van der Waals surface area contributed by atoms with Crippen molar-refractivity contribution in [1.82, 2.24) is 15.2 Å². The molecule has 2 aromatic rings. The summed E-state index contributed by atoms with van der Waals surface area (Å²) in [6, 6.07) is 10.1. The van der Waals surface area contributed by atoms with E-state index in [1.807, 2.05) is 37.5 Å². The molecule has 1 aromatic carbocycles. The van der Waals surface area contributed by atoms with Gasteiger partial charge in [0.1, 0.15) is 0 Å². The van der Waals surface area contributed by atoms with Gasteiger partial charge in [-0.2, -0.15) is 0 Å². The first-order chi connectivity index (χ1) is 12.6. The number of aryl methyl sites for hydroxylation is 1. The van der Waals surface area contributed by atoms with E-state index in [2.05, 4.69) is 48.6 Å². The third kappa shape index (κ3) is 5.54. The molecule has 1 fully saturated rings. The van der Waals surface area contributed by atoms with Gasteiger partial charge in [0.25, 0.3) is 0 Å². The van der Waals surface area contributed by atoms with Crippen LogP contribution in [-0.4, -0.2) is 41.6 Å². The number of hydrogen-bond acceptors (Lipinski definition) is 3. The van der Waals surface area contributed by atoms with Crippen molar-refractivity contribution in [2.75, 3.05) is 25.0 Å². The molecule has 0 radical (unpaired) electrons. The molecule has 5 nitrogen and oxygen atoms in total. The van der Waals surface area contributed by atoms with Gasteiger partial charge in [0.15, 0.2) is 0 Å². The molecule has 2 N–H and O–H groups in total. The number of halogens is 1. The Balaban J connectivity index is 1.39. The summed E-state index contributed by atoms with van der Waals surface area (Å²) < 4.78 is 1.04. The Morgan fingerprint density at radius 1 is 1.23 bits per heavy atom. The molecule has 2 heterocycles. The molecule has 1 aliphatic heterocycles. The van der Waals surface area contributed by atoms with Crippen molar-refractivity contribution in [3.05, 3.63) is 58.3 Å². The van der Waals surface area contributed by atoms with Crippen LogP contribution in [-0.2, 0) is 6.42 Å². The maximum Gasteiger partial charge on any atom is 0.319 e. The summed E-state index contributed by atoms with van der Waals surface area (Å²) in [6.07, 6.45) is 6.71. The van der Waals surface area contributed by atoms with E-state index in [9.17, 15) is 4.79 Å². The second-order valence-electron chi connectivity index (χ2n) is 6.78. The Morgan fingerprint density at radius 3 is 2.65 bits per heavy atom. The van der Waals surface area contributed by atoms with Crippen molar-refractivity contribution < 1.29 is 4.79 Å². The normalized spacial score (nSPS) is 15.6. The first kappa shape index (κ1) is 18.9. The smallest absolute Gasteiger partial charge is 0.319 e. The lowest BCUT2D eigenvalue weighted by Crippen LogP contribution is -2.46. The van der Waals surface area contributed by atoms with Crippen molar-refractivity contribution in [1.29, 1.82) is 0 Å². The fourth-order valence-corrected chi connectivity index (χ4v) is 3.46. The lowest BCUT2D eigenvalue weighted by molar-refractivity contribution is 0.197. The number of carbonyl (C=O) groups excluding carboxylic acids is 1. The summed E-state index contributed by atoms with van der Waals surface area (Å²) in [5.41, 5.74) is 3.24. The number of likely N-dealkylation sites (tertiary alicyclic amines) is 1. The zero-order chi connectivity index (χ0) is 18.4. The average molecular weight is 417 g/mol. The topological polar surface area (TPSA) is 57.3 Å². The molecule has 0 atom stereocenters. The Bertz CT molecular complexity index is 730. The number of nitrogens with one attached hydrogen (secondary N) is 2. The fourth-order valence-electron chi connectivity index (χ4n) is 3.21. The highest BCUT2D eigenvalue weighted by molar-refractivity contribution is 9.10. The molecule has 0 bridgehead atoms. The Kier molecular flexibility index (Phi) is 6.63. The van der Waals surface area contributed by atoms with Crippen LogP contribution in [0.5, 0.6) is 0 Å². The van der Waals surface area contributed by atoms with Gasteiger partial charge in [-0.25, -0.2) is 4.79 Å². The van der Waals surface area contributed by atoms with E-state index in [4.69, 9.17) is 0 Å². The van der Waals surface area contributed by atoms with Crippen LogP contribution in [0.1, 0.15) is 24.0 Å². The summed E-state index contributed by atoms with van der Waals surface area (Å²) in [6.45, 7) is 5.11. The van der Waals surface area contributed by atoms with Crippen LogP contribution in [0.15, 0.2) is 47.2 Å². The number of aromatic nitrogens is 1. The lowest BCUT2D eigenvalue weighted by atomic mass is 10.0. The first-order valence-electron chi connectivity index (χ1n) is 9.05. The molecule has 2 amide bonds. The van der Waals surface area contributed by atoms with E-state index in [0.29, 0.717) is 0 Å². The molecule has 26 heavy (non-hydrogen) atoms. The van der Waals surface area contributed by atoms with Gasteiger partial charge in [0.05, 0.1) is 0 Å². The highest BCUT2D eigenvalue weighted by Gasteiger charge is 2.20. The van der Waals surface area contributed by atoms with Crippen LogP contribution in [0.3, 0.4) is 0 Å². The fraction of sp³-hybridized carbons (Fsp3) is 0.400. The summed E-state index contributed by atoms with van der Waals surface area (Å²) >= 11 is 3.47. The van der Waals surface area contributed by atoms with Crippen molar-refractivity contribution in [2.45, 2.75) is 32.2 Å². The van der Waals surface area contributed by atoms with Gasteiger partial charge in [-0.05, 0) is 67.6 Å². The number of nitrogens with zero attached hydrogens (tertiary/aromatic N) is 2. The number of rotatable bonds is 5. The average Bonchev–Trinajstić information content (AvgIpc) is 2.65. The highest BCUT2D eigenvalue weighted by Crippen LogP contribution is 2.20. The molecular weight excluding hydrogens is 392 g/mol. The van der Waals surface area contributed by atoms with E-state index in [-0.39, 0.29) is 12.1 Å². The Hall–Kier alpha value is -1.92. The maximum absolute atomic E-state index is 12.2. The van der Waals surface area contributed by atoms with Crippen LogP contribution in [0.2, 0.25) is 0 Å². The minimum absolute atomic E-state index is 0.123. The van der Waals surface area contributed by atoms with E-state index in [0.717, 1.165) is 54.6 Å². The van der Waals surface area contributed by atoms with Crippen LogP contribution in [0.25, 0.3) is 0 Å². The molecule has 0 saturated carbocycles. The predicted octanol–water partition coefficient (Wildman–Crippen LogP) is 3.98. The van der Waals surface area contributed by atoms with Crippen LogP contribution >= 0.6 is 15.9 Å². The molecule has 1 saturated heterocycles. The van der Waals surface area contributed by atoms with Gasteiger partial charge in [-0.3, -0.25) is 4.98 Å². The van der Waals surface area contributed by atoms with Crippen molar-refractivity contribution in [3.63, 3.8) is 0 Å². The minimum atomic E-state index is -0.123. The molecule has 1 aromatic heterocycles. The van der Waals surface area contributed by atoms with Crippen LogP contribution in [0.4, 0.5) is 10.5 Å². The number of hydrogen-bond donors (Lipinski definition) is 2. The van der Waals surface area contributed by atoms with Crippen LogP contribution < -0.4 is 10.6 Å². The van der Waals surface area contributed by atoms with Crippen molar-refractivity contribution >= 4 is 27.6 Å². The molecule has 6 heteroatoms. The molecule has 3 rings (SSSR count). The maximum atomic E-state index is 12.2. The number of pyridine rings is 1. The number of carbonyl (C=O) groups is 1. The van der Waals surface area contributed by atoms with Gasteiger partial charge in [-0.1, -0.05) is 15.9 Å². The second kappa shape index (κ2) is 9.14. The summed E-state index contributed by atoms with van der Waals surface area (Å²) in [7, 11) is 0. The number of benzene rings is 1. The number of urea groups is 1. The van der Waals surface area contributed by atoms with Crippen molar-refractivity contribution in [3.8, 4) is 0 Å². The zero-order valence-corrected chi connectivity index (χ0v) is 16.6. The summed E-state index contributed by atoms with van der Waals surface area (Å²) in [5.74, 6) is 0. The molecule has 0 aliphatic carbocycles. The number of anilines is 1. The zero-order valence-electron chi connectivity index (χ0n) is 15.0. The largest absolute Gasteiger partial charge is 0.335 e. The Morgan fingerprint density at radius 2 is 1.96 bits per heavy atom. The van der Waals surface area contributed by atoms with E-state index < -0.39 is 0 Å². The molecule has 138 valence electrons. The molecular formula is C20H25BrN4O. The summed E-state index contributed by atoms with van der Waals surface area (Å²) in [5, 5.41) is 6.02. The van der Waals surface area contributed by atoms with Gasteiger partial charge < -0.3 is 15.5 Å². The Labute approximate surface area is 163 Å². The van der Waals surface area contributed by atoms with E-state index in [1.165, 1.54) is 5.56 Å². The highest BCUT2D eigenvalue weighted by atomic mass is 79.9. The molecule has 0 unspecified atom stereocenters. The van der Waals surface area contributed by atoms with Gasteiger partial charge in [-0.15, -0.1) is 0 Å². The molecule has 1 aliphatic rings. The third-order valence-corrected chi connectivity index (χ3v) is 5.69. The van der Waals surface area contributed by atoms with Gasteiger partial charge >= 0.3 is 6.03 Å². The van der Waals surface area contributed by atoms with E-state index >= 15 is 0 Å². The number of amides is 2. The monoisotopic (exact) mass is 416 g/mol. The van der Waals surface area contributed by atoms with Crippen molar-refractivity contribution in [2.24, 2.45) is 0 Å². The van der Waals surface area contributed by atoms with Gasteiger partial charge in [0.2, 0.25) is 0 Å². The standard InChI is InChI=1S/C20H25BrN4O/c1-15-14-18(2-3-19(15)21)24-20(26)23-17-7-12-25(13-8-17)11-6-16-4-9-22-10-5-16/h2-5,9-10,14,17H,6-8,11-13H2,1H3,(H2,23,24,26). The quantitative estimate of drug-likeness (QED) is 0.774. The predicted molar refractivity (Wildman–Crippen MR) is 108 cm³/mol. The second-order valence-corrected chi connectivity index (χ2v) is 7.64. The summed E-state index contributed by atoms with van der Waals surface area (Å²) in [4.78, 5) is 18.7. The first-order valence-corrected chi connectivity index (χ1v) is 9.84. The minimum Gasteiger partial charge on any atom is -0.335 e. The molecule has 0 spiro atoms. The van der Waals surface area contributed by atoms with Crippen LogP contribution in [0, 0.1) is 6.92 Å². The number of piperidine rings is 1. The third-order valence-electron chi connectivity index (χ3n) is 4.80. The lowest BCUT2D eigenvalue weighted by Gasteiger charge is -2.32. The SMILES string of the molecule is Cc1cc(NC(=O)NC2CCN(CCc3ccncc3)CC2)ccc1Br. The van der Waals surface area contributed by atoms with Gasteiger partial charge in [0, 0.05) is 48.2 Å². The van der Waals surface area contributed by atoms with E-state index in [1.54, 1.807) is 0 Å².